The Bertz CT molecular complexity index is 1340. The maximum Gasteiger partial charge on any atom is 0.150 e. The van der Waals surface area contributed by atoms with E-state index in [1.807, 2.05) is 73.7 Å². The molecule has 0 spiro atoms. The molecule has 2 N–H and O–H groups in total. The maximum absolute atomic E-state index is 11.1. The minimum atomic E-state index is -0.866. The number of rotatable bonds is 8. The lowest BCUT2D eigenvalue weighted by atomic mass is 10.0. The highest BCUT2D eigenvalue weighted by Crippen LogP contribution is 2.34. The molecule has 1 fully saturated rings. The Hall–Kier alpha value is -3.09. The first kappa shape index (κ1) is 24.6. The molecule has 1 heterocycles. The predicted octanol–water partition coefficient (Wildman–Crippen LogP) is 6.28. The molecule has 5 nitrogen and oxygen atoms in total. The van der Waals surface area contributed by atoms with Gasteiger partial charge in [0.25, 0.3) is 0 Å². The second-order valence-corrected chi connectivity index (χ2v) is 9.50. The molecule has 0 saturated carbocycles. The number of aliphatic hydroxyl groups is 1. The van der Waals surface area contributed by atoms with Gasteiger partial charge in [-0.3, -0.25) is 4.90 Å². The summed E-state index contributed by atoms with van der Waals surface area (Å²) in [6, 6.07) is 26.0. The molecule has 5 rings (SSSR count). The summed E-state index contributed by atoms with van der Waals surface area (Å²) in [6.45, 7) is 6.96. The number of halogens is 1. The molecule has 0 amide bonds. The fourth-order valence-electron chi connectivity index (χ4n) is 4.58. The summed E-state index contributed by atoms with van der Waals surface area (Å²) in [4.78, 5) is 2.36. The Balaban J connectivity index is 1.32. The van der Waals surface area contributed by atoms with Gasteiger partial charge in [-0.2, -0.15) is 0 Å². The van der Waals surface area contributed by atoms with Crippen LogP contribution in [0.2, 0.25) is 5.02 Å². The standard InChI is InChI=1S/C30H31ClN2O3/c1-21-19-23(9-10-27(21)31)22-5-4-6-24(20-22)30(34)32-28-11-12-29(26-8-3-2-7-25(26)28)36-18-15-33-13-16-35-17-14-33/h2-12,19-20,30,32,34H,13-18H2,1H3. The van der Waals surface area contributed by atoms with Gasteiger partial charge in [0.1, 0.15) is 12.4 Å². The summed E-state index contributed by atoms with van der Waals surface area (Å²) in [7, 11) is 0. The van der Waals surface area contributed by atoms with Crippen LogP contribution in [-0.2, 0) is 4.74 Å². The van der Waals surface area contributed by atoms with Crippen LogP contribution in [0.15, 0.2) is 78.9 Å². The van der Waals surface area contributed by atoms with Gasteiger partial charge in [0.15, 0.2) is 6.23 Å². The van der Waals surface area contributed by atoms with Gasteiger partial charge in [0, 0.05) is 46.7 Å². The lowest BCUT2D eigenvalue weighted by Crippen LogP contribution is -2.38. The number of anilines is 1. The SMILES string of the molecule is Cc1cc(-c2cccc(C(O)Nc3ccc(OCCN4CCOCC4)c4ccccc34)c2)ccc1Cl. The molecule has 1 atom stereocenters. The smallest absolute Gasteiger partial charge is 0.150 e. The van der Waals surface area contributed by atoms with E-state index in [-0.39, 0.29) is 0 Å². The van der Waals surface area contributed by atoms with E-state index in [0.717, 1.165) is 82.3 Å². The average Bonchev–Trinajstić information content (AvgIpc) is 2.92. The van der Waals surface area contributed by atoms with Crippen molar-refractivity contribution < 1.29 is 14.6 Å². The van der Waals surface area contributed by atoms with Crippen LogP contribution in [0.25, 0.3) is 21.9 Å². The van der Waals surface area contributed by atoms with Crippen molar-refractivity contribution in [3.63, 3.8) is 0 Å². The Morgan fingerprint density at radius 3 is 2.53 bits per heavy atom. The third-order valence-electron chi connectivity index (χ3n) is 6.64. The van der Waals surface area contributed by atoms with Gasteiger partial charge in [-0.15, -0.1) is 0 Å². The molecule has 0 radical (unpaired) electrons. The minimum absolute atomic E-state index is 0.621. The third-order valence-corrected chi connectivity index (χ3v) is 7.06. The van der Waals surface area contributed by atoms with E-state index in [2.05, 4.69) is 22.3 Å². The fraction of sp³-hybridized carbons (Fsp3) is 0.267. The van der Waals surface area contributed by atoms with E-state index in [0.29, 0.717) is 6.61 Å². The molecule has 1 unspecified atom stereocenters. The van der Waals surface area contributed by atoms with Crippen molar-refractivity contribution in [3.8, 4) is 16.9 Å². The lowest BCUT2D eigenvalue weighted by molar-refractivity contribution is 0.0323. The van der Waals surface area contributed by atoms with Crippen LogP contribution in [0, 0.1) is 6.92 Å². The molecule has 1 aliphatic rings. The zero-order valence-electron chi connectivity index (χ0n) is 20.4. The normalized spacial score (nSPS) is 15.1. The van der Waals surface area contributed by atoms with Gasteiger partial charge in [-0.05, 0) is 53.9 Å². The Morgan fingerprint density at radius 1 is 0.944 bits per heavy atom. The van der Waals surface area contributed by atoms with Crippen LogP contribution in [0.3, 0.4) is 0 Å². The molecule has 4 aromatic rings. The monoisotopic (exact) mass is 502 g/mol. The summed E-state index contributed by atoms with van der Waals surface area (Å²) in [5.41, 5.74) is 4.76. The lowest BCUT2D eigenvalue weighted by Gasteiger charge is -2.26. The van der Waals surface area contributed by atoms with Gasteiger partial charge in [-0.25, -0.2) is 0 Å². The number of morpholine rings is 1. The van der Waals surface area contributed by atoms with Crippen molar-refractivity contribution in [2.75, 3.05) is 44.8 Å². The summed E-state index contributed by atoms with van der Waals surface area (Å²) in [5.74, 6) is 0.846. The quantitative estimate of drug-likeness (QED) is 0.278. The second-order valence-electron chi connectivity index (χ2n) is 9.10. The highest BCUT2D eigenvalue weighted by molar-refractivity contribution is 6.31. The van der Waals surface area contributed by atoms with Crippen molar-refractivity contribution >= 4 is 28.1 Å². The first-order valence-corrected chi connectivity index (χ1v) is 12.7. The largest absolute Gasteiger partial charge is 0.492 e. The number of ether oxygens (including phenoxy) is 2. The van der Waals surface area contributed by atoms with Gasteiger partial charge in [0.05, 0.1) is 13.2 Å². The first-order chi connectivity index (χ1) is 17.6. The van der Waals surface area contributed by atoms with Gasteiger partial charge >= 0.3 is 0 Å². The van der Waals surface area contributed by atoms with Crippen LogP contribution < -0.4 is 10.1 Å². The fourth-order valence-corrected chi connectivity index (χ4v) is 4.69. The summed E-state index contributed by atoms with van der Waals surface area (Å²) in [6.07, 6.45) is -0.866. The Morgan fingerprint density at radius 2 is 1.72 bits per heavy atom. The molecule has 6 heteroatoms. The molecular weight excluding hydrogens is 472 g/mol. The van der Waals surface area contributed by atoms with Crippen LogP contribution in [-0.4, -0.2) is 49.5 Å². The predicted molar refractivity (Wildman–Crippen MR) is 147 cm³/mol. The molecule has 0 bridgehead atoms. The number of aliphatic hydroxyl groups excluding tert-OH is 1. The van der Waals surface area contributed by atoms with E-state index in [1.54, 1.807) is 0 Å². The zero-order chi connectivity index (χ0) is 24.9. The van der Waals surface area contributed by atoms with Crippen LogP contribution in [0.1, 0.15) is 17.4 Å². The maximum atomic E-state index is 11.1. The topological polar surface area (TPSA) is 54.0 Å². The van der Waals surface area contributed by atoms with Gasteiger partial charge in [-0.1, -0.05) is 60.1 Å². The van der Waals surface area contributed by atoms with E-state index in [4.69, 9.17) is 21.1 Å². The Labute approximate surface area is 217 Å². The van der Waals surface area contributed by atoms with Crippen molar-refractivity contribution in [2.24, 2.45) is 0 Å². The van der Waals surface area contributed by atoms with Crippen molar-refractivity contribution in [1.29, 1.82) is 0 Å². The summed E-state index contributed by atoms with van der Waals surface area (Å²) >= 11 is 6.20. The molecule has 0 aromatic heterocycles. The average molecular weight is 503 g/mol. The van der Waals surface area contributed by atoms with Crippen molar-refractivity contribution in [3.05, 3.63) is 95.0 Å². The number of nitrogens with zero attached hydrogens (tertiary/aromatic N) is 1. The van der Waals surface area contributed by atoms with E-state index in [9.17, 15) is 5.11 Å². The van der Waals surface area contributed by atoms with E-state index >= 15 is 0 Å². The van der Waals surface area contributed by atoms with E-state index < -0.39 is 6.23 Å². The van der Waals surface area contributed by atoms with Crippen LogP contribution in [0.5, 0.6) is 5.75 Å². The number of hydrogen-bond acceptors (Lipinski definition) is 5. The number of hydrogen-bond donors (Lipinski definition) is 2. The van der Waals surface area contributed by atoms with E-state index in [1.165, 1.54) is 0 Å². The molecule has 1 aliphatic heterocycles. The molecule has 36 heavy (non-hydrogen) atoms. The molecule has 186 valence electrons. The van der Waals surface area contributed by atoms with Crippen LogP contribution in [0.4, 0.5) is 5.69 Å². The summed E-state index contributed by atoms with van der Waals surface area (Å²) < 4.78 is 11.6. The first-order valence-electron chi connectivity index (χ1n) is 12.3. The van der Waals surface area contributed by atoms with Crippen molar-refractivity contribution in [2.45, 2.75) is 13.2 Å². The van der Waals surface area contributed by atoms with Gasteiger partial charge in [0.2, 0.25) is 0 Å². The second kappa shape index (κ2) is 11.3. The summed E-state index contributed by atoms with van der Waals surface area (Å²) in [5, 5.41) is 17.1. The molecule has 4 aromatic carbocycles. The molecule has 0 aliphatic carbocycles. The van der Waals surface area contributed by atoms with Gasteiger partial charge < -0.3 is 19.9 Å². The number of fused-ring (bicyclic) bond motifs is 1. The highest BCUT2D eigenvalue weighted by atomic mass is 35.5. The van der Waals surface area contributed by atoms with Crippen molar-refractivity contribution in [1.82, 2.24) is 4.90 Å². The highest BCUT2D eigenvalue weighted by Gasteiger charge is 2.14. The minimum Gasteiger partial charge on any atom is -0.492 e. The number of nitrogens with one attached hydrogen (secondary N) is 1. The number of aryl methyl sites for hydroxylation is 1. The number of benzene rings is 4. The van der Waals surface area contributed by atoms with Crippen LogP contribution >= 0.6 is 11.6 Å². The Kier molecular flexibility index (Phi) is 7.73. The third kappa shape index (κ3) is 5.66. The zero-order valence-corrected chi connectivity index (χ0v) is 21.2. The molecule has 1 saturated heterocycles. The molecular formula is C30H31ClN2O3.